The summed E-state index contributed by atoms with van der Waals surface area (Å²) in [5.41, 5.74) is 1.72. The lowest BCUT2D eigenvalue weighted by Gasteiger charge is -2.55. The van der Waals surface area contributed by atoms with Gasteiger partial charge in [-0.1, -0.05) is 52.2 Å². The Morgan fingerprint density at radius 3 is 2.36 bits per heavy atom. The average molecular weight is 585 g/mol. The number of ether oxygens (including phenoxy) is 1. The zero-order chi connectivity index (χ0) is 31.3. The predicted octanol–water partition coefficient (Wildman–Crippen LogP) is 2.65. The van der Waals surface area contributed by atoms with Gasteiger partial charge in [0.25, 0.3) is 5.91 Å². The Labute approximate surface area is 244 Å². The van der Waals surface area contributed by atoms with Crippen molar-refractivity contribution in [3.05, 3.63) is 46.2 Å². The first-order chi connectivity index (χ1) is 19.7. The quantitative estimate of drug-likeness (QED) is 0.164. The Balaban J connectivity index is 2.04. The van der Waals surface area contributed by atoms with Crippen molar-refractivity contribution in [2.45, 2.75) is 76.5 Å². The molecule has 0 heterocycles. The molecule has 4 rings (SSSR count). The molecule has 0 aliphatic heterocycles. The van der Waals surface area contributed by atoms with Crippen molar-refractivity contribution in [2.24, 2.45) is 23.5 Å². The fraction of sp³-hybridized carbons (Fsp3) is 0.548. The van der Waals surface area contributed by atoms with Crippen molar-refractivity contribution in [3.8, 4) is 5.75 Å². The molecule has 1 aromatic rings. The number of nitrogens with zero attached hydrogens (tertiary/aromatic N) is 1. The fourth-order valence-corrected chi connectivity index (χ4v) is 7.00. The highest BCUT2D eigenvalue weighted by Crippen LogP contribution is 2.58. The third-order valence-corrected chi connectivity index (χ3v) is 8.87. The largest absolute Gasteiger partial charge is 0.508 e. The van der Waals surface area contributed by atoms with E-state index >= 15 is 0 Å². The second-order valence-corrected chi connectivity index (χ2v) is 12.1. The molecule has 0 spiro atoms. The second kappa shape index (κ2) is 11.5. The Morgan fingerprint density at radius 2 is 1.79 bits per heavy atom. The molecular weight excluding hydrogens is 544 g/mol. The zero-order valence-corrected chi connectivity index (χ0v) is 24.6. The van der Waals surface area contributed by atoms with Crippen molar-refractivity contribution >= 4 is 29.2 Å². The van der Waals surface area contributed by atoms with Gasteiger partial charge in [0.05, 0.1) is 17.5 Å². The zero-order valence-electron chi connectivity index (χ0n) is 24.6. The number of aliphatic hydroxyl groups excluding tert-OH is 2. The molecule has 3 aliphatic rings. The Bertz CT molecular complexity index is 1380. The summed E-state index contributed by atoms with van der Waals surface area (Å²) in [7, 11) is 2.99. The van der Waals surface area contributed by atoms with Crippen molar-refractivity contribution in [2.75, 3.05) is 14.1 Å². The summed E-state index contributed by atoms with van der Waals surface area (Å²) in [6.45, 7) is 5.78. The topological polar surface area (TPSA) is 188 Å². The van der Waals surface area contributed by atoms with Gasteiger partial charge in [0.2, 0.25) is 5.78 Å². The van der Waals surface area contributed by atoms with Gasteiger partial charge in [0.1, 0.15) is 28.9 Å². The van der Waals surface area contributed by atoms with Gasteiger partial charge in [-0.05, 0) is 44.0 Å². The van der Waals surface area contributed by atoms with Gasteiger partial charge in [0, 0.05) is 17.9 Å². The normalized spacial score (nSPS) is 29.0. The molecule has 0 radical (unpaired) electrons. The lowest BCUT2D eigenvalue weighted by molar-refractivity contribution is -0.185. The number of rotatable bonds is 9. The number of hydrogen-bond acceptors (Lipinski definition) is 10. The Morgan fingerprint density at radius 1 is 1.12 bits per heavy atom. The molecule has 1 amide bonds. The van der Waals surface area contributed by atoms with Gasteiger partial charge < -0.3 is 30.9 Å². The number of hydrogen-bond donors (Lipinski definition) is 5. The van der Waals surface area contributed by atoms with E-state index in [0.717, 1.165) is 12.8 Å². The van der Waals surface area contributed by atoms with Gasteiger partial charge in [0.15, 0.2) is 11.4 Å². The summed E-state index contributed by atoms with van der Waals surface area (Å²) in [5, 5.41) is 45.7. The summed E-state index contributed by atoms with van der Waals surface area (Å²) in [6.07, 6.45) is 1.50. The molecule has 0 unspecified atom stereocenters. The molecule has 3 aliphatic carbocycles. The summed E-state index contributed by atoms with van der Waals surface area (Å²) in [6, 6.07) is 3.29. The molecule has 0 bridgehead atoms. The van der Waals surface area contributed by atoms with Gasteiger partial charge in [-0.3, -0.25) is 24.1 Å². The molecule has 42 heavy (non-hydrogen) atoms. The van der Waals surface area contributed by atoms with Crippen LogP contribution in [0.4, 0.5) is 0 Å². The summed E-state index contributed by atoms with van der Waals surface area (Å²) < 4.78 is 5.95. The van der Waals surface area contributed by atoms with Crippen LogP contribution in [0.15, 0.2) is 35.1 Å². The van der Waals surface area contributed by atoms with Crippen molar-refractivity contribution in [3.63, 3.8) is 0 Å². The number of likely N-dealkylation sites (N-methyl/N-ethyl adjacent to an activating group) is 1. The molecule has 0 saturated heterocycles. The molecule has 6 N–H and O–H groups in total. The van der Waals surface area contributed by atoms with Crippen molar-refractivity contribution in [1.82, 2.24) is 4.90 Å². The number of nitrogens with two attached hydrogens (primary N) is 1. The molecule has 1 aromatic carbocycles. The van der Waals surface area contributed by atoms with Crippen LogP contribution in [0.2, 0.25) is 0 Å². The number of phenols is 1. The number of esters is 1. The van der Waals surface area contributed by atoms with E-state index in [1.54, 1.807) is 19.1 Å². The second-order valence-electron chi connectivity index (χ2n) is 12.1. The number of primary amides is 1. The van der Waals surface area contributed by atoms with Crippen LogP contribution in [0.5, 0.6) is 5.75 Å². The summed E-state index contributed by atoms with van der Waals surface area (Å²) >= 11 is 0. The lowest BCUT2D eigenvalue weighted by atomic mass is 9.53. The maximum atomic E-state index is 14.4. The number of phenolic OH excluding ortho intramolecular Hbond substituents is 1. The summed E-state index contributed by atoms with van der Waals surface area (Å²) in [5.74, 6) is -9.00. The van der Waals surface area contributed by atoms with E-state index in [9.17, 15) is 39.6 Å². The van der Waals surface area contributed by atoms with Crippen LogP contribution in [0.3, 0.4) is 0 Å². The molecule has 6 atom stereocenters. The third-order valence-electron chi connectivity index (χ3n) is 8.87. The van der Waals surface area contributed by atoms with Crippen LogP contribution >= 0.6 is 0 Å². The van der Waals surface area contributed by atoms with Gasteiger partial charge in [-0.2, -0.15) is 0 Å². The van der Waals surface area contributed by atoms with Crippen LogP contribution in [0.1, 0.15) is 69.9 Å². The van der Waals surface area contributed by atoms with Crippen LogP contribution in [0.25, 0.3) is 5.76 Å². The maximum absolute atomic E-state index is 14.4. The minimum Gasteiger partial charge on any atom is -0.508 e. The number of amides is 1. The van der Waals surface area contributed by atoms with Crippen molar-refractivity contribution < 1.29 is 44.3 Å². The van der Waals surface area contributed by atoms with E-state index in [4.69, 9.17) is 10.5 Å². The monoisotopic (exact) mass is 584 g/mol. The number of ketones is 2. The molecular formula is C31H40N2O9. The molecule has 0 aromatic heterocycles. The van der Waals surface area contributed by atoms with E-state index in [2.05, 4.69) is 13.8 Å². The molecule has 11 nitrogen and oxygen atoms in total. The van der Waals surface area contributed by atoms with E-state index in [-0.39, 0.29) is 23.3 Å². The number of carbonyl (C=O) groups excluding carboxylic acids is 4. The molecule has 11 heteroatoms. The lowest BCUT2D eigenvalue weighted by Crippen LogP contribution is -2.71. The summed E-state index contributed by atoms with van der Waals surface area (Å²) in [4.78, 5) is 54.6. The van der Waals surface area contributed by atoms with Crippen LogP contribution < -0.4 is 5.73 Å². The molecule has 228 valence electrons. The first-order valence-corrected chi connectivity index (χ1v) is 14.4. The van der Waals surface area contributed by atoms with Crippen molar-refractivity contribution in [1.29, 1.82) is 0 Å². The number of benzene rings is 1. The Kier molecular flexibility index (Phi) is 8.57. The number of carbonyl (C=O) groups is 4. The number of aromatic hydroxyl groups is 1. The molecule has 1 saturated carbocycles. The number of aliphatic hydroxyl groups is 3. The first kappa shape index (κ1) is 31.2. The van der Waals surface area contributed by atoms with Gasteiger partial charge >= 0.3 is 5.97 Å². The smallest absolute Gasteiger partial charge is 0.305 e. The van der Waals surface area contributed by atoms with Crippen LogP contribution in [0, 0.1) is 17.8 Å². The van der Waals surface area contributed by atoms with E-state index in [1.807, 2.05) is 0 Å². The average Bonchev–Trinajstić information content (AvgIpc) is 2.90. The number of fused-ring (bicyclic) bond motifs is 3. The standard InChI is InChI=1S/C31H40N2O9/c1-6-18(35)42-27-20-16(11-8-7-10-14(2)3)15-12-9-13-17(34)19(15)25(36)21(20)28(38)31(41)23(27)24(33(4)5)26(37)22(29(31)39)30(32)40/h9,12-14,16,20,23-24,27,34,36,39,41H,6-8,10-11H2,1-5H3,(H2,32,40)/t16-,20+,23+,24-,27-,31-/m1/s1. The van der Waals surface area contributed by atoms with Crippen LogP contribution in [-0.2, 0) is 23.9 Å². The van der Waals surface area contributed by atoms with E-state index in [0.29, 0.717) is 24.3 Å². The maximum Gasteiger partial charge on any atom is 0.305 e. The van der Waals surface area contributed by atoms with Crippen LogP contribution in [-0.4, -0.2) is 80.6 Å². The van der Waals surface area contributed by atoms with E-state index in [1.165, 1.54) is 25.1 Å². The fourth-order valence-electron chi connectivity index (χ4n) is 7.00. The number of Topliss-reactive ketones (excluding diaryl/α,β-unsaturated/α-hetero) is 2. The highest BCUT2D eigenvalue weighted by atomic mass is 16.5. The highest BCUT2D eigenvalue weighted by molar-refractivity contribution is 6.24. The molecule has 1 fully saturated rings. The van der Waals surface area contributed by atoms with Gasteiger partial charge in [-0.15, -0.1) is 0 Å². The number of unbranched alkanes of at least 4 members (excludes halogenated alkanes) is 1. The Hall–Kier alpha value is -3.70. The predicted molar refractivity (Wildman–Crippen MR) is 152 cm³/mol. The SMILES string of the molecule is CCC(=O)O[C@@H]1[C@@H]2C(=C(O)c3c(O)cccc3[C@H]2CCCCC(C)C)C(=O)[C@@]2(O)C(O)=C(C(N)=O)C(=O)[C@H](N(C)C)[C@@H]12. The van der Waals surface area contributed by atoms with E-state index < -0.39 is 76.0 Å². The highest BCUT2D eigenvalue weighted by Gasteiger charge is 2.69. The first-order valence-electron chi connectivity index (χ1n) is 14.4. The third kappa shape index (κ3) is 4.78. The minimum atomic E-state index is -2.95. The minimum absolute atomic E-state index is 0.00298. The van der Waals surface area contributed by atoms with Gasteiger partial charge in [-0.25, -0.2) is 0 Å².